The molecular formula is C11H11ClFN3O. The van der Waals surface area contributed by atoms with Crippen molar-refractivity contribution >= 4 is 11.6 Å². The van der Waals surface area contributed by atoms with Gasteiger partial charge in [-0.25, -0.2) is 9.07 Å². The first kappa shape index (κ1) is 12.0. The Balaban J connectivity index is 2.43. The maximum absolute atomic E-state index is 13.6. The molecule has 0 aliphatic heterocycles. The fraction of sp³-hybridized carbons (Fsp3) is 0.273. The molecule has 0 aliphatic carbocycles. The van der Waals surface area contributed by atoms with Gasteiger partial charge in [-0.05, 0) is 25.1 Å². The van der Waals surface area contributed by atoms with Gasteiger partial charge >= 0.3 is 0 Å². The van der Waals surface area contributed by atoms with Gasteiger partial charge in [0.2, 0.25) is 0 Å². The maximum Gasteiger partial charge on any atom is 0.129 e. The normalized spacial score (nSPS) is 12.7. The summed E-state index contributed by atoms with van der Waals surface area (Å²) in [5, 5.41) is 17.9. The van der Waals surface area contributed by atoms with E-state index in [0.29, 0.717) is 17.3 Å². The predicted molar refractivity (Wildman–Crippen MR) is 61.2 cm³/mol. The lowest BCUT2D eigenvalue weighted by Gasteiger charge is -2.12. The average Bonchev–Trinajstić information content (AvgIpc) is 2.79. The molecule has 17 heavy (non-hydrogen) atoms. The van der Waals surface area contributed by atoms with Gasteiger partial charge in [0.05, 0.1) is 11.9 Å². The van der Waals surface area contributed by atoms with Crippen molar-refractivity contribution in [3.05, 3.63) is 46.5 Å². The van der Waals surface area contributed by atoms with Gasteiger partial charge in [0, 0.05) is 17.1 Å². The van der Waals surface area contributed by atoms with Crippen molar-refractivity contribution in [3.8, 4) is 0 Å². The molecule has 2 aromatic rings. The zero-order chi connectivity index (χ0) is 12.4. The molecule has 1 heterocycles. The Morgan fingerprint density at radius 3 is 3.00 bits per heavy atom. The van der Waals surface area contributed by atoms with Crippen molar-refractivity contribution in [3.63, 3.8) is 0 Å². The van der Waals surface area contributed by atoms with Crippen molar-refractivity contribution in [1.29, 1.82) is 0 Å². The number of benzene rings is 1. The number of hydrogen-bond donors (Lipinski definition) is 1. The number of aromatic nitrogens is 3. The van der Waals surface area contributed by atoms with E-state index < -0.39 is 11.9 Å². The van der Waals surface area contributed by atoms with Gasteiger partial charge in [-0.1, -0.05) is 16.8 Å². The maximum atomic E-state index is 13.6. The van der Waals surface area contributed by atoms with E-state index in [2.05, 4.69) is 10.3 Å². The van der Waals surface area contributed by atoms with Crippen LogP contribution in [0.1, 0.15) is 24.3 Å². The molecule has 90 valence electrons. The Morgan fingerprint density at radius 1 is 1.53 bits per heavy atom. The molecule has 1 aromatic carbocycles. The van der Waals surface area contributed by atoms with Crippen LogP contribution in [-0.2, 0) is 6.54 Å². The summed E-state index contributed by atoms with van der Waals surface area (Å²) in [5.74, 6) is -0.509. The fourth-order valence-electron chi connectivity index (χ4n) is 1.61. The van der Waals surface area contributed by atoms with Gasteiger partial charge in [0.15, 0.2) is 0 Å². The minimum Gasteiger partial charge on any atom is -0.382 e. The van der Waals surface area contributed by atoms with E-state index in [1.54, 1.807) is 0 Å². The second-order valence-electron chi connectivity index (χ2n) is 3.54. The quantitative estimate of drug-likeness (QED) is 0.915. The highest BCUT2D eigenvalue weighted by atomic mass is 35.5. The summed E-state index contributed by atoms with van der Waals surface area (Å²) in [5.41, 5.74) is 0.558. The molecule has 0 spiro atoms. The van der Waals surface area contributed by atoms with Crippen molar-refractivity contribution in [2.45, 2.75) is 19.6 Å². The molecule has 1 unspecified atom stereocenters. The summed E-state index contributed by atoms with van der Waals surface area (Å²) in [6.45, 7) is 2.41. The first-order valence-electron chi connectivity index (χ1n) is 5.15. The summed E-state index contributed by atoms with van der Waals surface area (Å²) in [4.78, 5) is 0. The molecule has 0 amide bonds. The van der Waals surface area contributed by atoms with Crippen LogP contribution in [0.4, 0.5) is 4.39 Å². The Morgan fingerprint density at radius 2 is 2.29 bits per heavy atom. The number of rotatable bonds is 3. The molecule has 0 saturated heterocycles. The van der Waals surface area contributed by atoms with E-state index in [0.717, 1.165) is 0 Å². The van der Waals surface area contributed by atoms with Crippen LogP contribution in [-0.4, -0.2) is 20.1 Å². The van der Waals surface area contributed by atoms with Gasteiger partial charge in [0.25, 0.3) is 0 Å². The topological polar surface area (TPSA) is 50.9 Å². The van der Waals surface area contributed by atoms with Crippen molar-refractivity contribution in [2.24, 2.45) is 0 Å². The Labute approximate surface area is 103 Å². The van der Waals surface area contributed by atoms with Crippen LogP contribution in [0.5, 0.6) is 0 Å². The first-order chi connectivity index (χ1) is 8.13. The highest BCUT2D eigenvalue weighted by molar-refractivity contribution is 6.30. The third-order valence-electron chi connectivity index (χ3n) is 2.48. The van der Waals surface area contributed by atoms with Gasteiger partial charge < -0.3 is 5.11 Å². The third-order valence-corrected chi connectivity index (χ3v) is 2.72. The zero-order valence-electron chi connectivity index (χ0n) is 9.14. The summed E-state index contributed by atoms with van der Waals surface area (Å²) in [6.07, 6.45) is 0.290. The van der Waals surface area contributed by atoms with Gasteiger partial charge in [-0.3, -0.25) is 0 Å². The van der Waals surface area contributed by atoms with E-state index in [1.165, 1.54) is 29.1 Å². The fourth-order valence-corrected chi connectivity index (χ4v) is 1.79. The lowest BCUT2D eigenvalue weighted by Crippen LogP contribution is -2.10. The molecule has 0 bridgehead atoms. The summed E-state index contributed by atoms with van der Waals surface area (Å²) >= 11 is 5.78. The minimum atomic E-state index is -1.12. The van der Waals surface area contributed by atoms with Crippen LogP contribution >= 0.6 is 11.6 Å². The molecule has 1 aromatic heterocycles. The van der Waals surface area contributed by atoms with Crippen LogP contribution in [0.3, 0.4) is 0 Å². The molecule has 4 nitrogen and oxygen atoms in total. The van der Waals surface area contributed by atoms with E-state index in [1.807, 2.05) is 6.92 Å². The van der Waals surface area contributed by atoms with Crippen LogP contribution in [0, 0.1) is 5.82 Å². The van der Waals surface area contributed by atoms with Gasteiger partial charge in [-0.2, -0.15) is 0 Å². The molecule has 1 atom stereocenters. The van der Waals surface area contributed by atoms with Crippen molar-refractivity contribution in [2.75, 3.05) is 0 Å². The standard InChI is InChI=1S/C11H11ClFN3O/c1-2-16-10(6-14-15-16)11(17)8-5-7(12)3-4-9(8)13/h3-6,11,17H,2H2,1H3. The SMILES string of the molecule is CCn1nncc1C(O)c1cc(Cl)ccc1F. The number of hydrogen-bond acceptors (Lipinski definition) is 3. The Bertz CT molecular complexity index is 529. The number of nitrogens with zero attached hydrogens (tertiary/aromatic N) is 3. The summed E-state index contributed by atoms with van der Waals surface area (Å²) in [7, 11) is 0. The molecule has 0 saturated carbocycles. The molecule has 2 rings (SSSR count). The van der Waals surface area contributed by atoms with Crippen LogP contribution in [0.15, 0.2) is 24.4 Å². The average molecular weight is 256 g/mol. The third kappa shape index (κ3) is 2.30. The second kappa shape index (κ2) is 4.81. The lowest BCUT2D eigenvalue weighted by atomic mass is 10.1. The first-order valence-corrected chi connectivity index (χ1v) is 5.52. The molecule has 0 aliphatic rings. The number of aliphatic hydroxyl groups excluding tert-OH is 1. The van der Waals surface area contributed by atoms with Crippen molar-refractivity contribution in [1.82, 2.24) is 15.0 Å². The largest absolute Gasteiger partial charge is 0.382 e. The zero-order valence-corrected chi connectivity index (χ0v) is 9.89. The summed E-state index contributed by atoms with van der Waals surface area (Å²) < 4.78 is 15.1. The Hall–Kier alpha value is -1.46. The number of aliphatic hydroxyl groups is 1. The molecule has 6 heteroatoms. The van der Waals surface area contributed by atoms with Crippen LogP contribution in [0.25, 0.3) is 0 Å². The summed E-state index contributed by atoms with van der Waals surface area (Å²) in [6, 6.07) is 4.05. The highest BCUT2D eigenvalue weighted by Crippen LogP contribution is 2.26. The monoisotopic (exact) mass is 255 g/mol. The molecular weight excluding hydrogens is 245 g/mol. The Kier molecular flexibility index (Phi) is 3.40. The van der Waals surface area contributed by atoms with E-state index in [-0.39, 0.29) is 5.56 Å². The number of aryl methyl sites for hydroxylation is 1. The van der Waals surface area contributed by atoms with Crippen LogP contribution in [0.2, 0.25) is 5.02 Å². The van der Waals surface area contributed by atoms with E-state index in [4.69, 9.17) is 11.6 Å². The van der Waals surface area contributed by atoms with Gasteiger partial charge in [-0.15, -0.1) is 5.10 Å². The van der Waals surface area contributed by atoms with Gasteiger partial charge in [0.1, 0.15) is 11.9 Å². The van der Waals surface area contributed by atoms with E-state index >= 15 is 0 Å². The molecule has 0 radical (unpaired) electrons. The predicted octanol–water partition coefficient (Wildman–Crippen LogP) is 2.17. The molecule has 1 N–H and O–H groups in total. The van der Waals surface area contributed by atoms with E-state index in [9.17, 15) is 9.50 Å². The lowest BCUT2D eigenvalue weighted by molar-refractivity contribution is 0.203. The highest BCUT2D eigenvalue weighted by Gasteiger charge is 2.19. The number of halogens is 2. The smallest absolute Gasteiger partial charge is 0.129 e. The minimum absolute atomic E-state index is 0.120. The van der Waals surface area contributed by atoms with Crippen LogP contribution < -0.4 is 0 Å². The van der Waals surface area contributed by atoms with Crippen molar-refractivity contribution < 1.29 is 9.50 Å². The molecule has 0 fully saturated rings. The second-order valence-corrected chi connectivity index (χ2v) is 3.98.